The maximum atomic E-state index is 12.5. The molecule has 15 heteroatoms. The van der Waals surface area contributed by atoms with Gasteiger partial charge in [0.25, 0.3) is 5.91 Å². The number of amides is 3. The topological polar surface area (TPSA) is 198 Å². The number of carbonyl (C=O) groups is 3. The van der Waals surface area contributed by atoms with Gasteiger partial charge in [0.2, 0.25) is 11.7 Å². The van der Waals surface area contributed by atoms with Crippen molar-refractivity contribution in [1.82, 2.24) is 34.6 Å². The van der Waals surface area contributed by atoms with Gasteiger partial charge in [-0.3, -0.25) is 14.2 Å². The summed E-state index contributed by atoms with van der Waals surface area (Å²) in [6, 6.07) is 0. The Labute approximate surface area is 242 Å². The average molecular weight is 585 g/mol. The lowest BCUT2D eigenvalue weighted by atomic mass is 9.94. The number of fused-ring (bicyclic) bond motifs is 1. The largest absolute Gasteiger partial charge is 0.449 e. The Balaban J connectivity index is 1.17. The van der Waals surface area contributed by atoms with E-state index in [4.69, 9.17) is 15.2 Å². The molecule has 3 aliphatic rings. The fraction of sp³-hybridized carbons (Fsp3) is 0.630. The molecule has 2 aromatic heterocycles. The van der Waals surface area contributed by atoms with Gasteiger partial charge in [-0.2, -0.15) is 0 Å². The molecule has 0 aromatic carbocycles. The molecule has 0 spiro atoms. The number of nitrogens with two attached hydrogens (primary N) is 1. The summed E-state index contributed by atoms with van der Waals surface area (Å²) in [5, 5.41) is 23.6. The second kappa shape index (κ2) is 12.5. The van der Waals surface area contributed by atoms with E-state index in [0.29, 0.717) is 39.0 Å². The van der Waals surface area contributed by atoms with Gasteiger partial charge in [-0.05, 0) is 31.6 Å². The standard InChI is InChI=1S/C27H36N8O7/c1-3-29-25(39)22-20(37)21(38)26(42-22)35-14-30-19-23(28)31-17(32-24(19)35)6-4-5-15-7-9-34(10-8-15)27(40)41-13-16-11-18(36)33(2)12-16/h14-16,20-22,26,37-38H,3,5,7-13H2,1-2H3,(H,29,39)(H2,28,31,32)/t16?,20-,21+,22-,26+/m0/s1. The number of carbonyl (C=O) groups excluding carboxylic acids is 3. The van der Waals surface area contributed by atoms with Crippen molar-refractivity contribution in [3.8, 4) is 11.8 Å². The number of piperidine rings is 1. The van der Waals surface area contributed by atoms with Gasteiger partial charge in [-0.15, -0.1) is 0 Å². The normalized spacial score (nSPS) is 26.4. The van der Waals surface area contributed by atoms with Crippen LogP contribution in [0.15, 0.2) is 6.33 Å². The molecule has 2 aromatic rings. The van der Waals surface area contributed by atoms with Crippen molar-refractivity contribution in [3.05, 3.63) is 12.2 Å². The van der Waals surface area contributed by atoms with Gasteiger partial charge in [0.1, 0.15) is 17.7 Å². The lowest BCUT2D eigenvalue weighted by molar-refractivity contribution is -0.137. The number of aliphatic hydroxyl groups is 2. The molecule has 5 rings (SSSR count). The number of nitrogens with one attached hydrogen (secondary N) is 1. The zero-order chi connectivity index (χ0) is 30.0. The molecule has 3 saturated heterocycles. The fourth-order valence-electron chi connectivity index (χ4n) is 5.50. The Hall–Kier alpha value is -4.00. The summed E-state index contributed by atoms with van der Waals surface area (Å²) < 4.78 is 12.5. The molecular formula is C27H36N8O7. The number of aliphatic hydroxyl groups excluding tert-OH is 2. The second-order valence-corrected chi connectivity index (χ2v) is 10.9. The van der Waals surface area contributed by atoms with Gasteiger partial charge >= 0.3 is 6.09 Å². The number of likely N-dealkylation sites (N-methyl/N-ethyl adjacent to an activating group) is 1. The number of anilines is 1. The quantitative estimate of drug-likeness (QED) is 0.311. The van der Waals surface area contributed by atoms with Crippen LogP contribution in [0.5, 0.6) is 0 Å². The van der Waals surface area contributed by atoms with Crippen LogP contribution in [0.4, 0.5) is 10.6 Å². The van der Waals surface area contributed by atoms with E-state index in [2.05, 4.69) is 32.1 Å². The van der Waals surface area contributed by atoms with Crippen molar-refractivity contribution < 1.29 is 34.1 Å². The molecule has 3 aliphatic heterocycles. The smallest absolute Gasteiger partial charge is 0.409 e. The van der Waals surface area contributed by atoms with Gasteiger partial charge in [-0.25, -0.2) is 19.7 Å². The van der Waals surface area contributed by atoms with Crippen LogP contribution in [0.2, 0.25) is 0 Å². The predicted octanol–water partition coefficient (Wildman–Crippen LogP) is -0.768. The first kappa shape index (κ1) is 29.5. The number of likely N-dealkylation sites (tertiary alicyclic amines) is 2. The number of nitrogen functional groups attached to an aromatic ring is 1. The molecule has 0 aliphatic carbocycles. The molecule has 1 unspecified atom stereocenters. The molecule has 0 saturated carbocycles. The highest BCUT2D eigenvalue weighted by Crippen LogP contribution is 2.32. The van der Waals surface area contributed by atoms with Gasteiger partial charge in [-0.1, -0.05) is 5.92 Å². The van der Waals surface area contributed by atoms with E-state index in [-0.39, 0.29) is 53.2 Å². The number of aromatic nitrogens is 4. The molecule has 0 radical (unpaired) electrons. The van der Waals surface area contributed by atoms with Crippen LogP contribution in [-0.2, 0) is 19.1 Å². The van der Waals surface area contributed by atoms with Crippen LogP contribution in [0.3, 0.4) is 0 Å². The van der Waals surface area contributed by atoms with Crippen molar-refractivity contribution in [2.75, 3.05) is 45.6 Å². The first-order valence-corrected chi connectivity index (χ1v) is 14.1. The number of ether oxygens (including phenoxy) is 2. The summed E-state index contributed by atoms with van der Waals surface area (Å²) in [6.45, 7) is 4.07. The first-order chi connectivity index (χ1) is 20.2. The van der Waals surface area contributed by atoms with Gasteiger partial charge in [0, 0.05) is 52.0 Å². The minimum absolute atomic E-state index is 0.0416. The van der Waals surface area contributed by atoms with Gasteiger partial charge < -0.3 is 40.5 Å². The van der Waals surface area contributed by atoms with E-state index in [1.807, 2.05) is 0 Å². The van der Waals surface area contributed by atoms with Crippen molar-refractivity contribution >= 4 is 34.9 Å². The van der Waals surface area contributed by atoms with Crippen LogP contribution in [0, 0.1) is 23.7 Å². The minimum atomic E-state index is -1.44. The summed E-state index contributed by atoms with van der Waals surface area (Å²) in [4.78, 5) is 52.6. The molecule has 5 N–H and O–H groups in total. The minimum Gasteiger partial charge on any atom is -0.449 e. The van der Waals surface area contributed by atoms with E-state index >= 15 is 0 Å². The van der Waals surface area contributed by atoms with Crippen molar-refractivity contribution in [3.63, 3.8) is 0 Å². The van der Waals surface area contributed by atoms with Crippen LogP contribution in [-0.4, -0.2) is 116 Å². The van der Waals surface area contributed by atoms with E-state index in [0.717, 1.165) is 12.8 Å². The summed E-state index contributed by atoms with van der Waals surface area (Å²) in [6.07, 6.45) is -1.68. The molecular weight excluding hydrogens is 548 g/mol. The molecule has 226 valence electrons. The Morgan fingerprint density at radius 1 is 1.21 bits per heavy atom. The molecule has 15 nitrogen and oxygen atoms in total. The maximum absolute atomic E-state index is 12.5. The van der Waals surface area contributed by atoms with E-state index in [1.54, 1.807) is 23.8 Å². The Bertz CT molecular complexity index is 1400. The SMILES string of the molecule is CCNC(=O)[C@H]1O[C@@H](n2cnc3c(N)nc(C#CCC4CCN(C(=O)OCC5CC(=O)N(C)C5)CC4)nc32)[C@H](O)[C@@H]1O. The molecule has 5 heterocycles. The van der Waals surface area contributed by atoms with Crippen molar-refractivity contribution in [2.24, 2.45) is 11.8 Å². The number of nitrogens with zero attached hydrogens (tertiary/aromatic N) is 6. The highest BCUT2D eigenvalue weighted by atomic mass is 16.6. The first-order valence-electron chi connectivity index (χ1n) is 14.1. The van der Waals surface area contributed by atoms with Crippen LogP contribution in [0.1, 0.15) is 44.7 Å². The molecule has 3 amide bonds. The van der Waals surface area contributed by atoms with Crippen LogP contribution < -0.4 is 11.1 Å². The summed E-state index contributed by atoms with van der Waals surface area (Å²) in [5.41, 5.74) is 6.63. The van der Waals surface area contributed by atoms with Gasteiger partial charge in [0.15, 0.2) is 23.8 Å². The Morgan fingerprint density at radius 2 is 1.98 bits per heavy atom. The lowest BCUT2D eigenvalue weighted by Gasteiger charge is -2.30. The number of rotatable bonds is 6. The summed E-state index contributed by atoms with van der Waals surface area (Å²) >= 11 is 0. The fourth-order valence-corrected chi connectivity index (χ4v) is 5.50. The number of hydrogen-bond donors (Lipinski definition) is 4. The third-order valence-electron chi connectivity index (χ3n) is 7.90. The molecule has 42 heavy (non-hydrogen) atoms. The summed E-state index contributed by atoms with van der Waals surface area (Å²) in [5.74, 6) is 6.17. The molecule has 0 bridgehead atoms. The Kier molecular flexibility index (Phi) is 8.76. The predicted molar refractivity (Wildman–Crippen MR) is 147 cm³/mol. The highest BCUT2D eigenvalue weighted by Gasteiger charge is 2.47. The van der Waals surface area contributed by atoms with Crippen LogP contribution in [0.25, 0.3) is 11.2 Å². The zero-order valence-electron chi connectivity index (χ0n) is 23.6. The monoisotopic (exact) mass is 584 g/mol. The average Bonchev–Trinajstić information content (AvgIpc) is 3.63. The van der Waals surface area contributed by atoms with Crippen LogP contribution >= 0.6 is 0 Å². The second-order valence-electron chi connectivity index (χ2n) is 10.9. The van der Waals surface area contributed by atoms with E-state index < -0.39 is 30.4 Å². The van der Waals surface area contributed by atoms with E-state index in [9.17, 15) is 24.6 Å². The molecule has 5 atom stereocenters. The Morgan fingerprint density at radius 3 is 2.67 bits per heavy atom. The maximum Gasteiger partial charge on any atom is 0.409 e. The highest BCUT2D eigenvalue weighted by molar-refractivity contribution is 5.83. The zero-order valence-corrected chi connectivity index (χ0v) is 23.6. The number of hydrogen-bond acceptors (Lipinski definition) is 11. The van der Waals surface area contributed by atoms with Crippen molar-refractivity contribution in [1.29, 1.82) is 0 Å². The number of imidazole rings is 1. The summed E-state index contributed by atoms with van der Waals surface area (Å²) in [7, 11) is 1.75. The third-order valence-corrected chi connectivity index (χ3v) is 7.90. The third kappa shape index (κ3) is 6.10. The molecule has 3 fully saturated rings. The lowest BCUT2D eigenvalue weighted by Crippen LogP contribution is -2.42. The van der Waals surface area contributed by atoms with E-state index in [1.165, 1.54) is 10.9 Å². The van der Waals surface area contributed by atoms with Crippen molar-refractivity contribution in [2.45, 2.75) is 57.1 Å². The van der Waals surface area contributed by atoms with Gasteiger partial charge in [0.05, 0.1) is 12.9 Å².